The zero-order valence-electron chi connectivity index (χ0n) is 20.8. The third kappa shape index (κ3) is 5.45. The van der Waals surface area contributed by atoms with Gasteiger partial charge in [-0.3, -0.25) is 9.59 Å². The summed E-state index contributed by atoms with van der Waals surface area (Å²) in [4.78, 5) is 30.4. The summed E-state index contributed by atoms with van der Waals surface area (Å²) in [7, 11) is 4.12. The number of nitrogens with one attached hydrogen (secondary N) is 1. The van der Waals surface area contributed by atoms with Crippen LogP contribution in [0.15, 0.2) is 72.8 Å². The van der Waals surface area contributed by atoms with Gasteiger partial charge in [0.1, 0.15) is 0 Å². The molecule has 0 aromatic heterocycles. The van der Waals surface area contributed by atoms with Crippen molar-refractivity contribution in [3.63, 3.8) is 0 Å². The number of ether oxygens (including phenoxy) is 1. The Morgan fingerprint density at radius 1 is 1.00 bits per heavy atom. The van der Waals surface area contributed by atoms with E-state index in [1.54, 1.807) is 30.3 Å². The standard InChI is InChI=1S/C29H33N3O3/c1-5-35-23-18-27(31(3)4)25-12-8-9-13-26(25)32(19-23)29(34)21-14-16-22(17-15-21)30-28(33)24-11-7-6-10-20(24)2/h6-17,23,27H,5,18-19H2,1-4H3,(H,30,33). The molecule has 0 aliphatic carbocycles. The fraction of sp³-hybridized carbons (Fsp3) is 0.310. The summed E-state index contributed by atoms with van der Waals surface area (Å²) >= 11 is 0. The van der Waals surface area contributed by atoms with E-state index in [4.69, 9.17) is 4.74 Å². The number of fused-ring (bicyclic) bond motifs is 1. The van der Waals surface area contributed by atoms with Crippen LogP contribution in [0.2, 0.25) is 0 Å². The normalized spacial score (nSPS) is 17.6. The van der Waals surface area contributed by atoms with E-state index >= 15 is 0 Å². The Morgan fingerprint density at radius 2 is 1.69 bits per heavy atom. The molecule has 2 amide bonds. The summed E-state index contributed by atoms with van der Waals surface area (Å²) < 4.78 is 6.04. The van der Waals surface area contributed by atoms with Gasteiger partial charge in [0, 0.05) is 35.2 Å². The topological polar surface area (TPSA) is 61.9 Å². The Bertz CT molecular complexity index is 1190. The predicted molar refractivity (Wildman–Crippen MR) is 140 cm³/mol. The first-order valence-electron chi connectivity index (χ1n) is 12.0. The van der Waals surface area contributed by atoms with Crippen molar-refractivity contribution in [2.75, 3.05) is 37.5 Å². The molecule has 1 aliphatic heterocycles. The molecule has 1 aliphatic rings. The van der Waals surface area contributed by atoms with E-state index in [0.29, 0.717) is 30.0 Å². The average Bonchev–Trinajstić information content (AvgIpc) is 3.02. The molecular formula is C29H33N3O3. The van der Waals surface area contributed by atoms with Crippen molar-refractivity contribution < 1.29 is 14.3 Å². The second-order valence-corrected chi connectivity index (χ2v) is 9.11. The Hall–Kier alpha value is -3.48. The van der Waals surface area contributed by atoms with E-state index in [2.05, 4.69) is 30.4 Å². The Morgan fingerprint density at radius 3 is 2.37 bits per heavy atom. The van der Waals surface area contributed by atoms with E-state index in [0.717, 1.165) is 23.2 Å². The van der Waals surface area contributed by atoms with Gasteiger partial charge in [-0.25, -0.2) is 0 Å². The summed E-state index contributed by atoms with van der Waals surface area (Å²) in [5, 5.41) is 2.92. The lowest BCUT2D eigenvalue weighted by atomic mass is 10.00. The van der Waals surface area contributed by atoms with Crippen LogP contribution in [0.25, 0.3) is 0 Å². The average molecular weight is 472 g/mol. The number of carbonyl (C=O) groups is 2. The summed E-state index contributed by atoms with van der Waals surface area (Å²) in [6.45, 7) is 4.98. The molecule has 2 atom stereocenters. The summed E-state index contributed by atoms with van der Waals surface area (Å²) in [5.41, 5.74) is 4.78. The Labute approximate surface area is 207 Å². The molecule has 35 heavy (non-hydrogen) atoms. The van der Waals surface area contributed by atoms with E-state index in [1.165, 1.54) is 0 Å². The number of carbonyl (C=O) groups excluding carboxylic acids is 2. The van der Waals surface area contributed by atoms with Gasteiger partial charge in [-0.15, -0.1) is 0 Å². The third-order valence-corrected chi connectivity index (χ3v) is 6.51. The van der Waals surface area contributed by atoms with Gasteiger partial charge in [-0.2, -0.15) is 0 Å². The number of rotatable bonds is 6. The van der Waals surface area contributed by atoms with Crippen LogP contribution in [0.3, 0.4) is 0 Å². The summed E-state index contributed by atoms with van der Waals surface area (Å²) in [6, 6.07) is 22.8. The molecule has 3 aromatic rings. The molecule has 0 spiro atoms. The Kier molecular flexibility index (Phi) is 7.63. The fourth-order valence-electron chi connectivity index (χ4n) is 4.68. The highest BCUT2D eigenvalue weighted by Crippen LogP contribution is 2.37. The molecule has 1 N–H and O–H groups in total. The van der Waals surface area contributed by atoms with Gasteiger partial charge in [-0.05, 0) is 81.9 Å². The molecule has 0 saturated heterocycles. The van der Waals surface area contributed by atoms with E-state index in [-0.39, 0.29) is 24.0 Å². The minimum absolute atomic E-state index is 0.0728. The minimum Gasteiger partial charge on any atom is -0.377 e. The fourth-order valence-corrected chi connectivity index (χ4v) is 4.68. The number of aryl methyl sites for hydroxylation is 1. The second-order valence-electron chi connectivity index (χ2n) is 9.11. The molecule has 4 rings (SSSR count). The smallest absolute Gasteiger partial charge is 0.258 e. The van der Waals surface area contributed by atoms with Gasteiger partial charge in [0.05, 0.1) is 12.6 Å². The molecule has 2 unspecified atom stereocenters. The van der Waals surface area contributed by atoms with Gasteiger partial charge in [0.15, 0.2) is 0 Å². The lowest BCUT2D eigenvalue weighted by Crippen LogP contribution is -2.38. The number of para-hydroxylation sites is 1. The lowest BCUT2D eigenvalue weighted by molar-refractivity contribution is 0.0445. The highest BCUT2D eigenvalue weighted by molar-refractivity contribution is 6.08. The zero-order valence-corrected chi connectivity index (χ0v) is 20.8. The highest BCUT2D eigenvalue weighted by Gasteiger charge is 2.33. The van der Waals surface area contributed by atoms with Crippen LogP contribution in [0.4, 0.5) is 11.4 Å². The van der Waals surface area contributed by atoms with Gasteiger partial charge in [-0.1, -0.05) is 36.4 Å². The number of anilines is 2. The van der Waals surface area contributed by atoms with Crippen molar-refractivity contribution in [3.05, 3.63) is 95.1 Å². The van der Waals surface area contributed by atoms with Crippen molar-refractivity contribution in [2.45, 2.75) is 32.4 Å². The molecule has 0 saturated carbocycles. The SMILES string of the molecule is CCOC1CC(N(C)C)c2ccccc2N(C(=O)c2ccc(NC(=O)c3ccccc3C)cc2)C1. The lowest BCUT2D eigenvalue weighted by Gasteiger charge is -2.26. The molecule has 1 heterocycles. The summed E-state index contributed by atoms with van der Waals surface area (Å²) in [6.07, 6.45) is 0.738. The van der Waals surface area contributed by atoms with Crippen molar-refractivity contribution in [3.8, 4) is 0 Å². The molecule has 6 nitrogen and oxygen atoms in total. The number of benzene rings is 3. The van der Waals surface area contributed by atoms with Gasteiger partial charge < -0.3 is 19.9 Å². The van der Waals surface area contributed by atoms with Crippen LogP contribution < -0.4 is 10.2 Å². The van der Waals surface area contributed by atoms with Gasteiger partial charge >= 0.3 is 0 Å². The molecule has 6 heteroatoms. The molecule has 0 bridgehead atoms. The number of hydrogen-bond donors (Lipinski definition) is 1. The van der Waals surface area contributed by atoms with Crippen LogP contribution in [0.5, 0.6) is 0 Å². The van der Waals surface area contributed by atoms with Crippen molar-refractivity contribution >= 4 is 23.2 Å². The molecular weight excluding hydrogens is 438 g/mol. The monoisotopic (exact) mass is 471 g/mol. The van der Waals surface area contributed by atoms with Crippen molar-refractivity contribution in [2.24, 2.45) is 0 Å². The van der Waals surface area contributed by atoms with Crippen LogP contribution in [0.1, 0.15) is 51.2 Å². The number of amides is 2. The predicted octanol–water partition coefficient (Wildman–Crippen LogP) is 5.31. The van der Waals surface area contributed by atoms with E-state index in [9.17, 15) is 9.59 Å². The maximum atomic E-state index is 13.7. The molecule has 0 fully saturated rings. The third-order valence-electron chi connectivity index (χ3n) is 6.51. The van der Waals surface area contributed by atoms with Crippen molar-refractivity contribution in [1.29, 1.82) is 0 Å². The first kappa shape index (κ1) is 24.6. The van der Waals surface area contributed by atoms with Crippen molar-refractivity contribution in [1.82, 2.24) is 4.90 Å². The van der Waals surface area contributed by atoms with Crippen LogP contribution in [-0.4, -0.2) is 50.1 Å². The highest BCUT2D eigenvalue weighted by atomic mass is 16.5. The van der Waals surface area contributed by atoms with E-state index in [1.807, 2.05) is 55.1 Å². The largest absolute Gasteiger partial charge is 0.377 e. The maximum absolute atomic E-state index is 13.7. The van der Waals surface area contributed by atoms with Gasteiger partial charge in [0.25, 0.3) is 11.8 Å². The molecule has 182 valence electrons. The maximum Gasteiger partial charge on any atom is 0.258 e. The minimum atomic E-state index is -0.169. The zero-order chi connectivity index (χ0) is 24.9. The van der Waals surface area contributed by atoms with Crippen LogP contribution in [-0.2, 0) is 4.74 Å². The second kappa shape index (κ2) is 10.8. The number of hydrogen-bond acceptors (Lipinski definition) is 4. The molecule has 3 aromatic carbocycles. The number of nitrogens with zero attached hydrogens (tertiary/aromatic N) is 2. The first-order chi connectivity index (χ1) is 16.9. The first-order valence-corrected chi connectivity index (χ1v) is 12.0. The molecule has 0 radical (unpaired) electrons. The van der Waals surface area contributed by atoms with Gasteiger partial charge in [0.2, 0.25) is 0 Å². The Balaban J connectivity index is 1.59. The summed E-state index contributed by atoms with van der Waals surface area (Å²) in [5.74, 6) is -0.253. The van der Waals surface area contributed by atoms with Crippen LogP contribution >= 0.6 is 0 Å². The van der Waals surface area contributed by atoms with Crippen LogP contribution in [0, 0.1) is 6.92 Å². The van der Waals surface area contributed by atoms with E-state index < -0.39 is 0 Å². The quantitative estimate of drug-likeness (QED) is 0.530.